The Labute approximate surface area is 115 Å². The van der Waals surface area contributed by atoms with Gasteiger partial charge in [-0.2, -0.15) is 4.31 Å². The summed E-state index contributed by atoms with van der Waals surface area (Å²) in [5.74, 6) is 0.279. The van der Waals surface area contributed by atoms with Gasteiger partial charge >= 0.3 is 0 Å². The molecular formula is C13H22N2O3S. The smallest absolute Gasteiger partial charge is 0.246 e. The summed E-state index contributed by atoms with van der Waals surface area (Å²) in [7, 11) is -2.13. The summed E-state index contributed by atoms with van der Waals surface area (Å²) < 4.78 is 31.9. The molecule has 1 aromatic rings. The second kappa shape index (κ2) is 6.25. The van der Waals surface area contributed by atoms with Crippen LogP contribution < -0.4 is 10.5 Å². The van der Waals surface area contributed by atoms with E-state index in [1.807, 2.05) is 20.8 Å². The molecule has 1 atom stereocenters. The molecule has 0 aliphatic carbocycles. The third kappa shape index (κ3) is 3.19. The molecule has 0 amide bonds. The number of nitrogens with two attached hydrogens (primary N) is 1. The van der Waals surface area contributed by atoms with Crippen LogP contribution in [0.3, 0.4) is 0 Å². The molecule has 0 saturated heterocycles. The summed E-state index contributed by atoms with van der Waals surface area (Å²) in [6.45, 7) is 6.10. The highest BCUT2D eigenvalue weighted by molar-refractivity contribution is 7.89. The van der Waals surface area contributed by atoms with E-state index in [1.54, 1.807) is 6.07 Å². The fourth-order valence-corrected chi connectivity index (χ4v) is 3.80. The zero-order valence-electron chi connectivity index (χ0n) is 11.9. The number of benzene rings is 1. The third-order valence-corrected chi connectivity index (χ3v) is 5.30. The second-order valence-corrected chi connectivity index (χ2v) is 6.23. The fourth-order valence-electron chi connectivity index (χ4n) is 1.95. The van der Waals surface area contributed by atoms with Crippen LogP contribution in [0.5, 0.6) is 5.75 Å². The number of nitrogens with zero attached hydrogens (tertiary/aromatic N) is 1. The summed E-state index contributed by atoms with van der Waals surface area (Å²) in [5, 5.41) is 0. The van der Waals surface area contributed by atoms with Crippen molar-refractivity contribution in [1.29, 1.82) is 0 Å². The molecule has 0 aliphatic heterocycles. The normalized spacial score (nSPS) is 13.5. The minimum atomic E-state index is -3.57. The van der Waals surface area contributed by atoms with Crippen LogP contribution in [-0.4, -0.2) is 32.4 Å². The highest BCUT2D eigenvalue weighted by Crippen LogP contribution is 2.29. The molecule has 5 nitrogen and oxygen atoms in total. The monoisotopic (exact) mass is 286 g/mol. The predicted octanol–water partition coefficient (Wildman–Crippen LogP) is 2.09. The Balaban J connectivity index is 3.33. The van der Waals surface area contributed by atoms with Gasteiger partial charge in [-0.1, -0.05) is 13.8 Å². The van der Waals surface area contributed by atoms with Gasteiger partial charge in [0.2, 0.25) is 10.0 Å². The van der Waals surface area contributed by atoms with E-state index in [4.69, 9.17) is 10.5 Å². The van der Waals surface area contributed by atoms with Crippen LogP contribution in [0.4, 0.5) is 5.69 Å². The summed E-state index contributed by atoms with van der Waals surface area (Å²) in [6, 6.07) is 4.53. The molecule has 19 heavy (non-hydrogen) atoms. The highest BCUT2D eigenvalue weighted by atomic mass is 32.2. The molecule has 1 aromatic carbocycles. The molecule has 6 heteroatoms. The van der Waals surface area contributed by atoms with Crippen molar-refractivity contribution in [2.75, 3.05) is 19.4 Å². The molecule has 1 unspecified atom stereocenters. The van der Waals surface area contributed by atoms with Gasteiger partial charge in [-0.3, -0.25) is 0 Å². The molecule has 0 saturated carbocycles. The minimum absolute atomic E-state index is 0.0581. The van der Waals surface area contributed by atoms with Gasteiger partial charge in [0.05, 0.1) is 7.11 Å². The maximum atomic E-state index is 12.7. The van der Waals surface area contributed by atoms with E-state index in [9.17, 15) is 8.42 Å². The fraction of sp³-hybridized carbons (Fsp3) is 0.538. The molecule has 0 aliphatic rings. The lowest BCUT2D eigenvalue weighted by molar-refractivity contribution is 0.338. The number of hydrogen-bond acceptors (Lipinski definition) is 4. The molecule has 1 rings (SSSR count). The van der Waals surface area contributed by atoms with E-state index < -0.39 is 10.0 Å². The van der Waals surface area contributed by atoms with Gasteiger partial charge in [0.25, 0.3) is 0 Å². The van der Waals surface area contributed by atoms with Gasteiger partial charge in [0.1, 0.15) is 10.6 Å². The Morgan fingerprint density at radius 3 is 2.47 bits per heavy atom. The van der Waals surface area contributed by atoms with Crippen molar-refractivity contribution in [3.8, 4) is 5.75 Å². The Kier molecular flexibility index (Phi) is 5.20. The average Bonchev–Trinajstić information content (AvgIpc) is 2.38. The zero-order valence-corrected chi connectivity index (χ0v) is 12.7. The molecule has 2 N–H and O–H groups in total. The van der Waals surface area contributed by atoms with E-state index in [1.165, 1.54) is 23.5 Å². The van der Waals surface area contributed by atoms with Crippen LogP contribution in [0.15, 0.2) is 23.1 Å². The van der Waals surface area contributed by atoms with Gasteiger partial charge in [-0.15, -0.1) is 0 Å². The van der Waals surface area contributed by atoms with Crippen molar-refractivity contribution in [3.63, 3.8) is 0 Å². The number of anilines is 1. The van der Waals surface area contributed by atoms with E-state index in [2.05, 4.69) is 0 Å². The van der Waals surface area contributed by atoms with Gasteiger partial charge in [-0.05, 0) is 25.5 Å². The van der Waals surface area contributed by atoms with Crippen molar-refractivity contribution in [1.82, 2.24) is 4.31 Å². The van der Waals surface area contributed by atoms with Gasteiger partial charge in [0.15, 0.2) is 0 Å². The molecule has 0 aromatic heterocycles. The van der Waals surface area contributed by atoms with Crippen LogP contribution >= 0.6 is 0 Å². The van der Waals surface area contributed by atoms with Crippen molar-refractivity contribution >= 4 is 15.7 Å². The van der Waals surface area contributed by atoms with E-state index in [-0.39, 0.29) is 16.7 Å². The third-order valence-electron chi connectivity index (χ3n) is 3.17. The summed E-state index contributed by atoms with van der Waals surface area (Å²) in [4.78, 5) is 0.159. The number of nitrogen functional groups attached to an aromatic ring is 1. The van der Waals surface area contributed by atoms with Crippen molar-refractivity contribution in [3.05, 3.63) is 18.2 Å². The number of methoxy groups -OCH3 is 1. The molecule has 108 valence electrons. The Hall–Kier alpha value is -1.27. The quantitative estimate of drug-likeness (QED) is 0.813. The van der Waals surface area contributed by atoms with Gasteiger partial charge < -0.3 is 10.5 Å². The first-order chi connectivity index (χ1) is 8.88. The largest absolute Gasteiger partial charge is 0.495 e. The lowest BCUT2D eigenvalue weighted by Gasteiger charge is -2.27. The Morgan fingerprint density at radius 1 is 1.37 bits per heavy atom. The van der Waals surface area contributed by atoms with Crippen LogP contribution in [0, 0.1) is 0 Å². The SMILES string of the molecule is CCC(C)N(CC)S(=O)(=O)c1ccc(N)cc1OC. The topological polar surface area (TPSA) is 72.6 Å². The van der Waals surface area contributed by atoms with E-state index in [0.29, 0.717) is 12.2 Å². The van der Waals surface area contributed by atoms with E-state index in [0.717, 1.165) is 6.42 Å². The summed E-state index contributed by atoms with van der Waals surface area (Å²) in [5.41, 5.74) is 6.13. The number of sulfonamides is 1. The molecule has 0 bridgehead atoms. The van der Waals surface area contributed by atoms with Gasteiger partial charge in [-0.25, -0.2) is 8.42 Å². The molecule has 0 fully saturated rings. The first-order valence-corrected chi connectivity index (χ1v) is 7.77. The van der Waals surface area contributed by atoms with Crippen LogP contribution in [-0.2, 0) is 10.0 Å². The molecular weight excluding hydrogens is 264 g/mol. The van der Waals surface area contributed by atoms with E-state index >= 15 is 0 Å². The van der Waals surface area contributed by atoms with Gasteiger partial charge in [0, 0.05) is 24.3 Å². The maximum Gasteiger partial charge on any atom is 0.246 e. The molecule has 0 spiro atoms. The molecule has 0 radical (unpaired) electrons. The van der Waals surface area contributed by atoms with Crippen molar-refractivity contribution in [2.45, 2.75) is 38.1 Å². The average molecular weight is 286 g/mol. The first kappa shape index (κ1) is 15.8. The van der Waals surface area contributed by atoms with Crippen LogP contribution in [0.2, 0.25) is 0 Å². The predicted molar refractivity (Wildman–Crippen MR) is 76.7 cm³/mol. The first-order valence-electron chi connectivity index (χ1n) is 6.33. The Bertz CT molecular complexity index is 529. The Morgan fingerprint density at radius 2 is 2.00 bits per heavy atom. The van der Waals surface area contributed by atoms with Crippen LogP contribution in [0.1, 0.15) is 27.2 Å². The lowest BCUT2D eigenvalue weighted by Crippen LogP contribution is -2.38. The minimum Gasteiger partial charge on any atom is -0.495 e. The maximum absolute atomic E-state index is 12.7. The van der Waals surface area contributed by atoms with Crippen molar-refractivity contribution < 1.29 is 13.2 Å². The molecule has 0 heterocycles. The standard InChI is InChI=1S/C13H22N2O3S/c1-5-10(3)15(6-2)19(16,17)13-8-7-11(14)9-12(13)18-4/h7-10H,5-6,14H2,1-4H3. The van der Waals surface area contributed by atoms with Crippen molar-refractivity contribution in [2.24, 2.45) is 0 Å². The summed E-state index contributed by atoms with van der Waals surface area (Å²) in [6.07, 6.45) is 0.754. The number of hydrogen-bond donors (Lipinski definition) is 1. The highest BCUT2D eigenvalue weighted by Gasteiger charge is 2.29. The lowest BCUT2D eigenvalue weighted by atomic mass is 10.3. The number of ether oxygens (including phenoxy) is 1. The second-order valence-electron chi connectivity index (χ2n) is 4.38. The zero-order chi connectivity index (χ0) is 14.6. The van der Waals surface area contributed by atoms with Crippen LogP contribution in [0.25, 0.3) is 0 Å². The number of rotatable bonds is 6. The summed E-state index contributed by atoms with van der Waals surface area (Å²) >= 11 is 0.